The normalized spacial score (nSPS) is 19.0. The number of piperazine rings is 1. The molecule has 4 rings (SSSR count). The van der Waals surface area contributed by atoms with Crippen molar-refractivity contribution in [3.05, 3.63) is 54.1 Å². The van der Waals surface area contributed by atoms with Crippen molar-refractivity contribution in [3.8, 4) is 5.75 Å². The zero-order valence-electron chi connectivity index (χ0n) is 18.5. The number of nitrogens with one attached hydrogen (secondary N) is 2. The molecule has 0 unspecified atom stereocenters. The molecule has 9 heteroatoms. The zero-order chi connectivity index (χ0) is 22.7. The Kier molecular flexibility index (Phi) is 6.27. The second-order valence-electron chi connectivity index (χ2n) is 7.89. The van der Waals surface area contributed by atoms with E-state index in [1.807, 2.05) is 24.3 Å². The first-order valence-corrected chi connectivity index (χ1v) is 10.6. The van der Waals surface area contributed by atoms with Gasteiger partial charge >= 0.3 is 6.03 Å². The maximum atomic E-state index is 13.2. The molecule has 2 heterocycles. The molecule has 2 N–H and O–H groups in total. The van der Waals surface area contributed by atoms with E-state index in [2.05, 4.69) is 27.5 Å². The summed E-state index contributed by atoms with van der Waals surface area (Å²) in [5.74, 6) is 1.04. The fraction of sp³-hybridized carbons (Fsp3) is 0.348. The van der Waals surface area contributed by atoms with Crippen LogP contribution in [0, 0.1) is 0 Å². The number of fused-ring (bicyclic) bond motifs is 1. The second-order valence-corrected chi connectivity index (χ2v) is 7.89. The van der Waals surface area contributed by atoms with Crippen LogP contribution in [0.3, 0.4) is 0 Å². The monoisotopic (exact) mass is 436 g/mol. The summed E-state index contributed by atoms with van der Waals surface area (Å²) in [6.45, 7) is 3.40. The van der Waals surface area contributed by atoms with Gasteiger partial charge in [0.1, 0.15) is 11.6 Å². The molecule has 3 amide bonds. The van der Waals surface area contributed by atoms with Crippen LogP contribution in [0.5, 0.6) is 5.75 Å². The third kappa shape index (κ3) is 4.52. The summed E-state index contributed by atoms with van der Waals surface area (Å²) in [4.78, 5) is 36.7. The number of anilines is 2. The summed E-state index contributed by atoms with van der Waals surface area (Å²) in [5, 5.41) is 5.48. The van der Waals surface area contributed by atoms with E-state index in [1.54, 1.807) is 43.3 Å². The van der Waals surface area contributed by atoms with Crippen molar-refractivity contribution >= 4 is 29.1 Å². The first-order valence-electron chi connectivity index (χ1n) is 10.6. The third-order valence-corrected chi connectivity index (χ3v) is 5.72. The highest BCUT2D eigenvalue weighted by molar-refractivity contribution is 6.12. The smallest absolute Gasteiger partial charge is 0.321 e. The fourth-order valence-corrected chi connectivity index (χ4v) is 3.86. The maximum absolute atomic E-state index is 13.2. The standard InChI is InChI=1S/C23H28N6O3/c1-27-11-13-29(14-12-27)21-18-9-4-5-10-19(18)28(2)22(30)20(25-21)26-23(31)24-16-7-6-8-17(15-16)32-3/h4-10,15,20H,11-14H2,1-3H3,(H2,24,26,31)/t20-/m0/s1. The molecule has 0 bridgehead atoms. The van der Waals surface area contributed by atoms with E-state index in [1.165, 1.54) is 0 Å². The number of hydrogen-bond acceptors (Lipinski definition) is 6. The largest absolute Gasteiger partial charge is 0.497 e. The summed E-state index contributed by atoms with van der Waals surface area (Å²) in [5.41, 5.74) is 2.21. The first kappa shape index (κ1) is 21.6. The molecule has 1 atom stereocenters. The summed E-state index contributed by atoms with van der Waals surface area (Å²) < 4.78 is 5.20. The number of nitrogens with zero attached hydrogens (tertiary/aromatic N) is 4. The molecule has 32 heavy (non-hydrogen) atoms. The lowest BCUT2D eigenvalue weighted by molar-refractivity contribution is -0.119. The number of aliphatic imine (C=N–C) groups is 1. The minimum absolute atomic E-state index is 0.303. The highest BCUT2D eigenvalue weighted by atomic mass is 16.5. The Morgan fingerprint density at radius 1 is 1.06 bits per heavy atom. The average Bonchev–Trinajstić information content (AvgIpc) is 2.90. The van der Waals surface area contributed by atoms with E-state index in [-0.39, 0.29) is 5.91 Å². The Balaban J connectivity index is 1.61. The summed E-state index contributed by atoms with van der Waals surface area (Å²) in [6.07, 6.45) is -1.05. The number of ether oxygens (including phenoxy) is 1. The predicted octanol–water partition coefficient (Wildman–Crippen LogP) is 1.81. The molecule has 0 radical (unpaired) electrons. The fourth-order valence-electron chi connectivity index (χ4n) is 3.86. The van der Waals surface area contributed by atoms with Crippen LogP contribution in [0.1, 0.15) is 5.56 Å². The van der Waals surface area contributed by atoms with Gasteiger partial charge in [-0.2, -0.15) is 0 Å². The molecular weight excluding hydrogens is 408 g/mol. The molecule has 1 fully saturated rings. The second kappa shape index (κ2) is 9.27. The van der Waals surface area contributed by atoms with Crippen molar-refractivity contribution in [2.75, 3.05) is 57.6 Å². The number of carbonyl (C=O) groups excluding carboxylic acids is 2. The van der Waals surface area contributed by atoms with Crippen LogP contribution < -0.4 is 20.3 Å². The van der Waals surface area contributed by atoms with Gasteiger partial charge in [-0.3, -0.25) is 4.79 Å². The Bertz CT molecular complexity index is 1030. The van der Waals surface area contributed by atoms with E-state index < -0.39 is 12.2 Å². The Hall–Kier alpha value is -3.59. The third-order valence-electron chi connectivity index (χ3n) is 5.72. The molecule has 0 aromatic heterocycles. The van der Waals surface area contributed by atoms with Crippen LogP contribution in [0.2, 0.25) is 0 Å². The number of carbonyl (C=O) groups is 2. The van der Waals surface area contributed by atoms with Gasteiger partial charge in [-0.1, -0.05) is 18.2 Å². The van der Waals surface area contributed by atoms with E-state index in [0.717, 1.165) is 43.3 Å². The van der Waals surface area contributed by atoms with Crippen LogP contribution in [-0.2, 0) is 4.79 Å². The predicted molar refractivity (Wildman–Crippen MR) is 124 cm³/mol. The number of para-hydroxylation sites is 1. The van der Waals surface area contributed by atoms with Crippen molar-refractivity contribution in [1.82, 2.24) is 15.1 Å². The van der Waals surface area contributed by atoms with E-state index in [0.29, 0.717) is 11.4 Å². The van der Waals surface area contributed by atoms with Gasteiger partial charge in [-0.05, 0) is 31.3 Å². The highest BCUT2D eigenvalue weighted by Gasteiger charge is 2.33. The Morgan fingerprint density at radius 3 is 2.56 bits per heavy atom. The van der Waals surface area contributed by atoms with Gasteiger partial charge in [-0.25, -0.2) is 9.79 Å². The van der Waals surface area contributed by atoms with Crippen LogP contribution in [-0.4, -0.2) is 81.1 Å². The lowest BCUT2D eigenvalue weighted by Gasteiger charge is -2.35. The van der Waals surface area contributed by atoms with Gasteiger partial charge in [0.25, 0.3) is 5.91 Å². The van der Waals surface area contributed by atoms with Gasteiger partial charge in [0, 0.05) is 50.5 Å². The Labute approximate surface area is 187 Å². The number of amides is 3. The molecule has 2 aromatic carbocycles. The topological polar surface area (TPSA) is 89.5 Å². The number of urea groups is 1. The number of amidine groups is 1. The van der Waals surface area contributed by atoms with Gasteiger partial charge in [-0.15, -0.1) is 0 Å². The summed E-state index contributed by atoms with van der Waals surface area (Å²) >= 11 is 0. The van der Waals surface area contributed by atoms with E-state index in [9.17, 15) is 9.59 Å². The first-order chi connectivity index (χ1) is 15.5. The zero-order valence-corrected chi connectivity index (χ0v) is 18.5. The van der Waals surface area contributed by atoms with Gasteiger partial charge < -0.3 is 30.1 Å². The number of likely N-dealkylation sites (N-methyl/N-ethyl adjacent to an activating group) is 2. The van der Waals surface area contributed by atoms with Gasteiger partial charge in [0.05, 0.1) is 12.8 Å². The molecule has 168 valence electrons. The molecule has 2 aliphatic rings. The number of rotatable bonds is 3. The van der Waals surface area contributed by atoms with Crippen molar-refractivity contribution in [1.29, 1.82) is 0 Å². The lowest BCUT2D eigenvalue weighted by atomic mass is 10.1. The molecule has 0 saturated carbocycles. The molecule has 0 aliphatic carbocycles. The van der Waals surface area contributed by atoms with Crippen LogP contribution in [0.25, 0.3) is 0 Å². The quantitative estimate of drug-likeness (QED) is 0.766. The maximum Gasteiger partial charge on any atom is 0.321 e. The number of benzene rings is 2. The Morgan fingerprint density at radius 2 is 1.81 bits per heavy atom. The highest BCUT2D eigenvalue weighted by Crippen LogP contribution is 2.26. The van der Waals surface area contributed by atoms with Gasteiger partial charge in [0.2, 0.25) is 6.17 Å². The number of hydrogen-bond donors (Lipinski definition) is 2. The summed E-state index contributed by atoms with van der Waals surface area (Å²) in [7, 11) is 5.36. The van der Waals surface area contributed by atoms with Crippen LogP contribution >= 0.6 is 0 Å². The summed E-state index contributed by atoms with van der Waals surface area (Å²) in [6, 6.07) is 14.2. The molecule has 0 spiro atoms. The minimum atomic E-state index is -1.05. The van der Waals surface area contributed by atoms with Crippen LogP contribution in [0.15, 0.2) is 53.5 Å². The van der Waals surface area contributed by atoms with Crippen molar-refractivity contribution in [2.45, 2.75) is 6.17 Å². The van der Waals surface area contributed by atoms with Crippen molar-refractivity contribution in [2.24, 2.45) is 4.99 Å². The molecular formula is C23H28N6O3. The van der Waals surface area contributed by atoms with E-state index >= 15 is 0 Å². The SMILES string of the molecule is COc1cccc(NC(=O)N[C@@H]2N=C(N3CCN(C)CC3)c3ccccc3N(C)C2=O)c1. The molecule has 9 nitrogen and oxygen atoms in total. The van der Waals surface area contributed by atoms with E-state index in [4.69, 9.17) is 9.73 Å². The average molecular weight is 437 g/mol. The number of benzodiazepines with no additional fused rings is 1. The minimum Gasteiger partial charge on any atom is -0.497 e. The number of methoxy groups -OCH3 is 1. The van der Waals surface area contributed by atoms with Crippen molar-refractivity contribution in [3.63, 3.8) is 0 Å². The molecule has 1 saturated heterocycles. The van der Waals surface area contributed by atoms with Gasteiger partial charge in [0.15, 0.2) is 0 Å². The van der Waals surface area contributed by atoms with Crippen LogP contribution in [0.4, 0.5) is 16.2 Å². The molecule has 2 aromatic rings. The molecule has 2 aliphatic heterocycles. The van der Waals surface area contributed by atoms with Crippen molar-refractivity contribution < 1.29 is 14.3 Å². The lowest BCUT2D eigenvalue weighted by Crippen LogP contribution is -2.49.